The maximum Gasteiger partial charge on any atom is 0.163 e. The first-order chi connectivity index (χ1) is 51.2. The van der Waals surface area contributed by atoms with E-state index < -0.39 is 0 Å². The van der Waals surface area contributed by atoms with E-state index in [-0.39, 0.29) is 82.6 Å². The number of aliphatic hydroxyl groups is 1. The third-order valence-corrected chi connectivity index (χ3v) is 23.7. The Kier molecular flexibility index (Phi) is 26.3. The van der Waals surface area contributed by atoms with Gasteiger partial charge in [0.2, 0.25) is 0 Å². The summed E-state index contributed by atoms with van der Waals surface area (Å²) < 4.78 is 9.11. The van der Waals surface area contributed by atoms with Gasteiger partial charge in [-0.2, -0.15) is 0 Å². The van der Waals surface area contributed by atoms with Crippen molar-refractivity contribution in [3.63, 3.8) is 0 Å². The lowest BCUT2D eigenvalue weighted by Crippen LogP contribution is -2.50. The second-order valence-electron chi connectivity index (χ2n) is 29.9. The van der Waals surface area contributed by atoms with E-state index in [9.17, 15) is 43.5 Å². The van der Waals surface area contributed by atoms with Gasteiger partial charge in [-0.05, 0) is 251 Å². The Balaban J connectivity index is 0.000000155. The molecule has 8 aromatic carbocycles. The molecule has 0 saturated heterocycles. The Morgan fingerprint density at radius 3 is 0.945 bits per heavy atom. The van der Waals surface area contributed by atoms with E-state index in [2.05, 4.69) is 59.4 Å². The van der Waals surface area contributed by atoms with Gasteiger partial charge in [-0.3, -0.25) is 43.3 Å². The van der Waals surface area contributed by atoms with Crippen molar-refractivity contribution < 1.29 is 43.5 Å². The van der Waals surface area contributed by atoms with Crippen LogP contribution >= 0.6 is 0 Å². The van der Waals surface area contributed by atoms with Gasteiger partial charge >= 0.3 is 0 Å². The molecule has 16 nitrogen and oxygen atoms in total. The zero-order valence-electron chi connectivity index (χ0n) is 62.6. The molecule has 2 N–H and O–H groups in total. The molecule has 578 valence electrons. The van der Waals surface area contributed by atoms with Crippen LogP contribution in [0, 0.1) is 0 Å². The van der Waals surface area contributed by atoms with E-state index in [4.69, 9.17) is 0 Å². The number of hydrogen-bond acceptors (Lipinski definition) is 12. The number of aryl methyl sites for hydroxylation is 2. The predicted molar refractivity (Wildman–Crippen MR) is 453 cm³/mol. The average molecular weight is 1480 g/mol. The summed E-state index contributed by atoms with van der Waals surface area (Å²) in [7, 11) is 0. The van der Waals surface area contributed by atoms with Crippen LogP contribution in [0.1, 0.15) is 250 Å². The molecule has 3 fully saturated rings. The zero-order chi connectivity index (χ0) is 74.4. The fraction of sp³-hybridized carbons (Fsp3) is 0.404. The number of carbonyl (C=O) groups is 8. The number of Topliss-reactive ketones (excluding diaryl/α,β-unsaturated/α-hetero) is 8. The Morgan fingerprint density at radius 2 is 0.673 bits per heavy atom. The van der Waals surface area contributed by atoms with Crippen LogP contribution in [0.3, 0.4) is 0 Å². The summed E-state index contributed by atoms with van der Waals surface area (Å²) in [6, 6.07) is 45.6. The minimum Gasteiger partial charge on any atom is -0.395 e. The Bertz CT molecular complexity index is 5240. The van der Waals surface area contributed by atoms with Gasteiger partial charge in [0.05, 0.1) is 6.61 Å². The van der Waals surface area contributed by atoms with Crippen molar-refractivity contribution in [2.75, 3.05) is 39.3 Å². The molecule has 3 saturated carbocycles. The van der Waals surface area contributed by atoms with Gasteiger partial charge in [-0.15, -0.1) is 0 Å². The van der Waals surface area contributed by atoms with Crippen molar-refractivity contribution >= 4 is 133 Å². The van der Waals surface area contributed by atoms with Crippen molar-refractivity contribution in [1.82, 2.24) is 33.4 Å². The standard InChI is InChI=1S/C26H30N2O2.C22H24N2O2.C22H26N2O2.C20H17NO3.4CH4/c1-17(29)19-9-11-25-23(15-19)24-16-20(18(2)30)10-12-26(24)28(25)14-13-27(21-5-3-6-21)22-7-4-8-22;1-14(25)16-6-8-21-19(12-16)20-13-17(15(2)26)7-9-22(20)24(21)11-10-23-18-4-3-5-18;1-5-23(6-2)11-12-24-21-9-7-17(15(3)25)13-19(21)20-14-18(16(4)26)8-10-22(20)24;22-10-9-21-15-5-1-11-13(3-7-17(11)23)19(15)20-14-4-8-18(24)12(14)2-6-16(20)21;;;;/h9-12,15-16,21-22H,3-8,13-14H2,1-2H3;6-9,12-13,18,23H,3-5,10-11H2,1-2H3;7-10,13-14H,5-6,11-12H2,1-4H3;1-2,5-6,22H,3-4,7-10H2;4*1H4. The summed E-state index contributed by atoms with van der Waals surface area (Å²) in [6.45, 7) is 22.2. The lowest BCUT2D eigenvalue weighted by Gasteiger charge is -2.46. The molecule has 0 unspecified atom stereocenters. The van der Waals surface area contributed by atoms with Crippen LogP contribution in [0.5, 0.6) is 0 Å². The third-order valence-electron chi connectivity index (χ3n) is 23.7. The number of nitrogens with one attached hydrogen (secondary N) is 1. The van der Waals surface area contributed by atoms with Crippen LogP contribution in [0.2, 0.25) is 0 Å². The fourth-order valence-electron chi connectivity index (χ4n) is 17.0. The first-order valence-corrected chi connectivity index (χ1v) is 38.5. The third kappa shape index (κ3) is 15.9. The second-order valence-corrected chi connectivity index (χ2v) is 29.9. The SMILES string of the molecule is C.C.C.C.CC(=O)c1ccc2c(c1)c1cc(C(C)=O)ccc1n2CCN(C1CCC1)C1CCC1.CC(=O)c1ccc2c(c1)c1cc(C(C)=O)ccc1n2CCNC1CCC1.CCN(CC)CCn1c2ccc(C(C)=O)cc2c2cc(C(C)=O)ccc21.O=C1CCc2c1ccc1c2c2c3c(ccc2n1CCO)C(=O)CC3. The number of fused-ring (bicyclic) bond motifs is 16. The number of aromatic nitrogens is 4. The lowest BCUT2D eigenvalue weighted by molar-refractivity contribution is 0.0381. The minimum atomic E-state index is 0. The molecule has 12 aromatic rings. The molecule has 0 atom stereocenters. The molecule has 0 aliphatic heterocycles. The first kappa shape index (κ1) is 82.6. The molecule has 5 aliphatic rings. The number of ketones is 8. The highest BCUT2D eigenvalue weighted by Gasteiger charge is 2.34. The van der Waals surface area contributed by atoms with E-state index >= 15 is 0 Å². The van der Waals surface area contributed by atoms with Gasteiger partial charge in [0.25, 0.3) is 0 Å². The van der Waals surface area contributed by atoms with Crippen LogP contribution < -0.4 is 5.32 Å². The normalized spacial score (nSPS) is 14.5. The quantitative estimate of drug-likeness (QED) is 0.0611. The lowest BCUT2D eigenvalue weighted by atomic mass is 9.84. The molecular weight excluding hydrogens is 1370 g/mol. The van der Waals surface area contributed by atoms with Gasteiger partial charge in [-0.25, -0.2) is 0 Å². The second kappa shape index (κ2) is 35.0. The summed E-state index contributed by atoms with van der Waals surface area (Å²) in [4.78, 5) is 101. The maximum atomic E-state index is 12.2. The zero-order valence-corrected chi connectivity index (χ0v) is 62.6. The van der Waals surface area contributed by atoms with Gasteiger partial charge in [-0.1, -0.05) is 62.8 Å². The number of nitrogens with zero attached hydrogens (tertiary/aromatic N) is 6. The van der Waals surface area contributed by atoms with Crippen molar-refractivity contribution in [3.05, 3.63) is 189 Å². The molecule has 4 aromatic heterocycles. The van der Waals surface area contributed by atoms with Gasteiger partial charge < -0.3 is 33.6 Å². The maximum absolute atomic E-state index is 12.2. The molecular formula is C94H113N7O9. The highest BCUT2D eigenvalue weighted by molar-refractivity contribution is 6.20. The van der Waals surface area contributed by atoms with E-state index in [0.717, 1.165) is 198 Å². The van der Waals surface area contributed by atoms with Crippen molar-refractivity contribution in [1.29, 1.82) is 0 Å². The van der Waals surface area contributed by atoms with E-state index in [1.165, 1.54) is 57.8 Å². The highest BCUT2D eigenvalue weighted by Crippen LogP contribution is 2.43. The molecule has 17 rings (SSSR count). The molecule has 0 bridgehead atoms. The largest absolute Gasteiger partial charge is 0.395 e. The molecule has 4 heterocycles. The molecule has 5 aliphatic carbocycles. The average Bonchev–Trinajstić information content (AvgIpc) is 1.55. The number of rotatable bonds is 22. The monoisotopic (exact) mass is 1480 g/mol. The Hall–Kier alpha value is -9.84. The van der Waals surface area contributed by atoms with Crippen LogP contribution in [-0.2, 0) is 39.0 Å². The van der Waals surface area contributed by atoms with Gasteiger partial charge in [0.15, 0.2) is 46.3 Å². The highest BCUT2D eigenvalue weighted by atomic mass is 16.3. The molecule has 16 heteroatoms. The summed E-state index contributed by atoms with van der Waals surface area (Å²) in [5.41, 5.74) is 17.0. The summed E-state index contributed by atoms with van der Waals surface area (Å²) in [5, 5.41) is 21.6. The topological polar surface area (TPSA) is 195 Å². The summed E-state index contributed by atoms with van der Waals surface area (Å²) >= 11 is 0. The minimum absolute atomic E-state index is 0. The van der Waals surface area contributed by atoms with E-state index in [0.29, 0.717) is 47.7 Å². The van der Waals surface area contributed by atoms with Crippen LogP contribution in [0.25, 0.3) is 87.2 Å². The molecule has 0 amide bonds. The van der Waals surface area contributed by atoms with Crippen molar-refractivity contribution in [2.24, 2.45) is 0 Å². The van der Waals surface area contributed by atoms with Crippen LogP contribution in [0.15, 0.2) is 133 Å². The van der Waals surface area contributed by atoms with Gasteiger partial charge in [0, 0.05) is 209 Å². The van der Waals surface area contributed by atoms with Gasteiger partial charge in [0.1, 0.15) is 0 Å². The van der Waals surface area contributed by atoms with E-state index in [1.807, 2.05) is 121 Å². The smallest absolute Gasteiger partial charge is 0.163 e. The summed E-state index contributed by atoms with van der Waals surface area (Å²) in [6.07, 6.45) is 14.6. The van der Waals surface area contributed by atoms with Crippen LogP contribution in [-0.4, -0.2) is 137 Å². The Labute approximate surface area is 648 Å². The van der Waals surface area contributed by atoms with E-state index in [1.54, 1.807) is 41.5 Å². The summed E-state index contributed by atoms with van der Waals surface area (Å²) in [5.74, 6) is 0.780. The number of hydrogen-bond donors (Lipinski definition) is 2. The molecule has 0 spiro atoms. The predicted octanol–water partition coefficient (Wildman–Crippen LogP) is 20.1. The van der Waals surface area contributed by atoms with Crippen molar-refractivity contribution in [3.8, 4) is 0 Å². The number of likely N-dealkylation sites (N-methyl/N-ethyl adjacent to an activating group) is 1. The molecule has 0 radical (unpaired) electrons. The van der Waals surface area contributed by atoms with Crippen molar-refractivity contribution in [2.45, 2.75) is 213 Å². The number of benzene rings is 8. The Morgan fingerprint density at radius 1 is 0.382 bits per heavy atom. The number of aliphatic hydroxyl groups excluding tert-OH is 1. The van der Waals surface area contributed by atoms with Crippen LogP contribution in [0.4, 0.5) is 0 Å². The fourth-order valence-corrected chi connectivity index (χ4v) is 17.0. The molecule has 110 heavy (non-hydrogen) atoms. The number of carbonyl (C=O) groups excluding carboxylic acids is 8. The first-order valence-electron chi connectivity index (χ1n) is 38.5.